The lowest BCUT2D eigenvalue weighted by molar-refractivity contribution is -0.132. The van der Waals surface area contributed by atoms with Crippen LogP contribution in [0.3, 0.4) is 0 Å². The first-order chi connectivity index (χ1) is 13.7. The number of rotatable bonds is 5. The SMILES string of the molecule is O=Nc1ccc(CCC(=O)N2CCc3c(nn(-c4ccccn4)c3O)C2)cc1. The summed E-state index contributed by atoms with van der Waals surface area (Å²) in [5.74, 6) is 0.667. The van der Waals surface area contributed by atoms with Gasteiger partial charge in [-0.3, -0.25) is 4.79 Å². The van der Waals surface area contributed by atoms with Crippen LogP contribution in [0, 0.1) is 4.91 Å². The molecule has 0 saturated heterocycles. The molecule has 3 heterocycles. The van der Waals surface area contributed by atoms with Crippen LogP contribution in [0.25, 0.3) is 5.82 Å². The predicted molar refractivity (Wildman–Crippen MR) is 102 cm³/mol. The number of amides is 1. The molecule has 8 heteroatoms. The molecule has 1 N–H and O–H groups in total. The van der Waals surface area contributed by atoms with Crippen molar-refractivity contribution in [3.8, 4) is 11.7 Å². The van der Waals surface area contributed by atoms with Gasteiger partial charge in [-0.15, -0.1) is 4.91 Å². The second-order valence-corrected chi connectivity index (χ2v) is 6.67. The highest BCUT2D eigenvalue weighted by molar-refractivity contribution is 5.76. The Balaban J connectivity index is 1.43. The highest BCUT2D eigenvalue weighted by Crippen LogP contribution is 2.29. The summed E-state index contributed by atoms with van der Waals surface area (Å²) in [6, 6.07) is 12.3. The van der Waals surface area contributed by atoms with Crippen LogP contribution < -0.4 is 0 Å². The maximum absolute atomic E-state index is 12.6. The van der Waals surface area contributed by atoms with Crippen molar-refractivity contribution in [3.63, 3.8) is 0 Å². The zero-order chi connectivity index (χ0) is 19.5. The van der Waals surface area contributed by atoms with Gasteiger partial charge in [0.25, 0.3) is 0 Å². The summed E-state index contributed by atoms with van der Waals surface area (Å²) < 4.78 is 1.42. The van der Waals surface area contributed by atoms with Gasteiger partial charge in [-0.25, -0.2) is 4.98 Å². The van der Waals surface area contributed by atoms with Crippen LogP contribution in [0.15, 0.2) is 53.8 Å². The van der Waals surface area contributed by atoms with E-state index in [0.717, 1.165) is 11.1 Å². The van der Waals surface area contributed by atoms with Crippen molar-refractivity contribution >= 4 is 11.6 Å². The number of nitroso groups, excluding NO2 is 1. The summed E-state index contributed by atoms with van der Waals surface area (Å²) >= 11 is 0. The van der Waals surface area contributed by atoms with Crippen molar-refractivity contribution in [3.05, 3.63) is 70.4 Å². The molecule has 0 atom stereocenters. The van der Waals surface area contributed by atoms with E-state index in [9.17, 15) is 14.8 Å². The number of carbonyl (C=O) groups is 1. The number of fused-ring (bicyclic) bond motifs is 1. The molecule has 1 aliphatic heterocycles. The molecule has 0 bridgehead atoms. The van der Waals surface area contributed by atoms with Crippen molar-refractivity contribution < 1.29 is 9.90 Å². The molecule has 0 saturated carbocycles. The lowest BCUT2D eigenvalue weighted by Crippen LogP contribution is -2.36. The number of aromatic nitrogens is 3. The topological polar surface area (TPSA) is 101 Å². The van der Waals surface area contributed by atoms with Gasteiger partial charge in [0.1, 0.15) is 5.69 Å². The molecule has 0 fully saturated rings. The Labute approximate surface area is 161 Å². The molecule has 0 aliphatic carbocycles. The highest BCUT2D eigenvalue weighted by atomic mass is 16.3. The van der Waals surface area contributed by atoms with E-state index >= 15 is 0 Å². The summed E-state index contributed by atoms with van der Waals surface area (Å²) in [7, 11) is 0. The number of hydrogen-bond acceptors (Lipinski definition) is 6. The third kappa shape index (κ3) is 3.48. The first kappa shape index (κ1) is 17.8. The summed E-state index contributed by atoms with van der Waals surface area (Å²) in [5.41, 5.74) is 2.83. The van der Waals surface area contributed by atoms with Gasteiger partial charge >= 0.3 is 0 Å². The van der Waals surface area contributed by atoms with Gasteiger partial charge in [-0.05, 0) is 47.8 Å². The maximum Gasteiger partial charge on any atom is 0.223 e. The third-order valence-electron chi connectivity index (χ3n) is 4.90. The van der Waals surface area contributed by atoms with Gasteiger partial charge in [0.2, 0.25) is 11.8 Å². The molecule has 28 heavy (non-hydrogen) atoms. The Hall–Kier alpha value is -3.55. The Bertz CT molecular complexity index is 999. The largest absolute Gasteiger partial charge is 0.493 e. The van der Waals surface area contributed by atoms with Crippen LogP contribution in [0.1, 0.15) is 23.2 Å². The first-order valence-electron chi connectivity index (χ1n) is 9.07. The van der Waals surface area contributed by atoms with Gasteiger partial charge in [-0.2, -0.15) is 9.78 Å². The van der Waals surface area contributed by atoms with E-state index in [2.05, 4.69) is 15.3 Å². The quantitative estimate of drug-likeness (QED) is 0.689. The van der Waals surface area contributed by atoms with Crippen LogP contribution in [0.5, 0.6) is 5.88 Å². The lowest BCUT2D eigenvalue weighted by atomic mass is 10.1. The van der Waals surface area contributed by atoms with E-state index in [4.69, 9.17) is 0 Å². The Morgan fingerprint density at radius 3 is 2.71 bits per heavy atom. The van der Waals surface area contributed by atoms with Crippen molar-refractivity contribution in [2.75, 3.05) is 6.54 Å². The van der Waals surface area contributed by atoms with Crippen LogP contribution in [0.2, 0.25) is 0 Å². The fourth-order valence-corrected chi connectivity index (χ4v) is 3.36. The molecule has 2 aromatic heterocycles. The number of aryl methyl sites for hydroxylation is 1. The van der Waals surface area contributed by atoms with E-state index in [1.54, 1.807) is 35.4 Å². The van der Waals surface area contributed by atoms with E-state index < -0.39 is 0 Å². The number of carbonyl (C=O) groups excluding carboxylic acids is 1. The van der Waals surface area contributed by atoms with Crippen molar-refractivity contribution in [1.29, 1.82) is 0 Å². The molecule has 1 aliphatic rings. The molecule has 3 aromatic rings. The molecule has 1 aromatic carbocycles. The zero-order valence-electron chi connectivity index (χ0n) is 15.2. The monoisotopic (exact) mass is 377 g/mol. The number of pyridine rings is 1. The van der Waals surface area contributed by atoms with Gasteiger partial charge in [0.15, 0.2) is 5.82 Å². The van der Waals surface area contributed by atoms with Gasteiger partial charge < -0.3 is 10.0 Å². The normalized spacial score (nSPS) is 13.2. The van der Waals surface area contributed by atoms with Crippen LogP contribution in [-0.2, 0) is 24.2 Å². The molecule has 4 rings (SSSR count). The second-order valence-electron chi connectivity index (χ2n) is 6.67. The summed E-state index contributed by atoms with van der Waals surface area (Å²) in [4.78, 5) is 29.1. The molecule has 142 valence electrons. The minimum Gasteiger partial charge on any atom is -0.493 e. The third-order valence-corrected chi connectivity index (χ3v) is 4.90. The molecule has 1 amide bonds. The fraction of sp³-hybridized carbons (Fsp3) is 0.250. The molecule has 0 spiro atoms. The zero-order valence-corrected chi connectivity index (χ0v) is 15.2. The fourth-order valence-electron chi connectivity index (χ4n) is 3.36. The summed E-state index contributed by atoms with van der Waals surface area (Å²) in [6.45, 7) is 0.914. The lowest BCUT2D eigenvalue weighted by Gasteiger charge is -2.26. The standard InChI is InChI=1S/C20H19N5O3/c26-19(9-6-14-4-7-15(23-28)8-5-14)24-12-10-16-17(13-24)22-25(20(16)27)18-3-1-2-11-21-18/h1-5,7-8,11,27H,6,9-10,12-13H2. The Kier molecular flexibility index (Phi) is 4.84. The maximum atomic E-state index is 12.6. The number of benzene rings is 1. The van der Waals surface area contributed by atoms with Crippen LogP contribution in [-0.4, -0.2) is 37.2 Å². The highest BCUT2D eigenvalue weighted by Gasteiger charge is 2.27. The smallest absolute Gasteiger partial charge is 0.223 e. The van der Waals surface area contributed by atoms with E-state index in [-0.39, 0.29) is 11.8 Å². The van der Waals surface area contributed by atoms with Crippen molar-refractivity contribution in [2.24, 2.45) is 5.18 Å². The average Bonchev–Trinajstić information content (AvgIpc) is 3.09. The Morgan fingerprint density at radius 1 is 1.18 bits per heavy atom. The number of hydrogen-bond donors (Lipinski definition) is 1. The summed E-state index contributed by atoms with van der Waals surface area (Å²) in [6.07, 6.45) is 3.16. The number of aromatic hydroxyl groups is 1. The molecule has 0 unspecified atom stereocenters. The van der Waals surface area contributed by atoms with Crippen molar-refractivity contribution in [2.45, 2.75) is 25.8 Å². The molecule has 0 radical (unpaired) electrons. The van der Waals surface area contributed by atoms with Gasteiger partial charge in [0.05, 0.1) is 12.2 Å². The minimum absolute atomic E-state index is 0.0371. The molecule has 8 nitrogen and oxygen atoms in total. The second kappa shape index (κ2) is 7.59. The average molecular weight is 377 g/mol. The van der Waals surface area contributed by atoms with Gasteiger partial charge in [-0.1, -0.05) is 18.2 Å². The first-order valence-corrected chi connectivity index (χ1v) is 9.07. The predicted octanol–water partition coefficient (Wildman–Crippen LogP) is 2.89. The molecular weight excluding hydrogens is 358 g/mol. The van der Waals surface area contributed by atoms with Gasteiger partial charge in [0, 0.05) is 24.7 Å². The van der Waals surface area contributed by atoms with Crippen LogP contribution in [0.4, 0.5) is 5.69 Å². The minimum atomic E-state index is 0.0371. The summed E-state index contributed by atoms with van der Waals surface area (Å²) in [5, 5.41) is 17.8. The van der Waals surface area contributed by atoms with E-state index in [1.165, 1.54) is 4.68 Å². The van der Waals surface area contributed by atoms with Crippen molar-refractivity contribution in [1.82, 2.24) is 19.7 Å². The van der Waals surface area contributed by atoms with Crippen LogP contribution >= 0.6 is 0 Å². The number of nitrogens with zero attached hydrogens (tertiary/aromatic N) is 5. The molecular formula is C20H19N5O3. The van der Waals surface area contributed by atoms with E-state index in [0.29, 0.717) is 49.6 Å². The Morgan fingerprint density at radius 2 is 2.00 bits per heavy atom. The van der Waals surface area contributed by atoms with E-state index in [1.807, 2.05) is 18.2 Å².